The van der Waals surface area contributed by atoms with E-state index in [0.29, 0.717) is 29.7 Å². The van der Waals surface area contributed by atoms with E-state index in [4.69, 9.17) is 4.74 Å². The molecule has 0 spiro atoms. The molecule has 0 saturated carbocycles. The lowest BCUT2D eigenvalue weighted by atomic mass is 9.86. The molecule has 0 radical (unpaired) electrons. The van der Waals surface area contributed by atoms with Crippen LogP contribution in [0.4, 0.5) is 5.69 Å². The van der Waals surface area contributed by atoms with Gasteiger partial charge in [-0.1, -0.05) is 69.3 Å². The Kier molecular flexibility index (Phi) is 6.91. The van der Waals surface area contributed by atoms with Crippen LogP contribution in [-0.4, -0.2) is 18.8 Å². The third-order valence-electron chi connectivity index (χ3n) is 5.22. The number of hydrogen-bond acceptors (Lipinski definition) is 3. The van der Waals surface area contributed by atoms with Gasteiger partial charge in [-0.25, -0.2) is 0 Å². The van der Waals surface area contributed by atoms with Crippen LogP contribution < -0.4 is 10.1 Å². The Bertz CT molecular complexity index is 1050. The highest BCUT2D eigenvalue weighted by Crippen LogP contribution is 2.23. The van der Waals surface area contributed by atoms with E-state index in [1.165, 1.54) is 5.56 Å². The first-order valence-electron chi connectivity index (χ1n) is 10.4. The van der Waals surface area contributed by atoms with Crippen LogP contribution in [0.25, 0.3) is 0 Å². The highest BCUT2D eigenvalue weighted by Gasteiger charge is 2.15. The molecule has 3 aromatic carbocycles. The van der Waals surface area contributed by atoms with Crippen molar-refractivity contribution in [1.29, 1.82) is 0 Å². The number of hydrogen-bond donors (Lipinski definition) is 1. The van der Waals surface area contributed by atoms with Crippen LogP contribution in [0.5, 0.6) is 5.75 Å². The molecule has 1 N–H and O–H groups in total. The number of ether oxygens (including phenoxy) is 1. The topological polar surface area (TPSA) is 55.4 Å². The van der Waals surface area contributed by atoms with Crippen LogP contribution in [0.1, 0.15) is 54.2 Å². The monoisotopic (exact) mass is 415 g/mol. The van der Waals surface area contributed by atoms with Crippen LogP contribution in [0.15, 0.2) is 72.8 Å². The average molecular weight is 416 g/mol. The van der Waals surface area contributed by atoms with E-state index >= 15 is 0 Å². The molecule has 0 heterocycles. The van der Waals surface area contributed by atoms with Gasteiger partial charge < -0.3 is 10.1 Å². The predicted molar refractivity (Wildman–Crippen MR) is 125 cm³/mol. The van der Waals surface area contributed by atoms with Crippen LogP contribution in [-0.2, 0) is 16.6 Å². The summed E-state index contributed by atoms with van der Waals surface area (Å²) < 4.78 is 5.15. The average Bonchev–Trinajstić information content (AvgIpc) is 2.77. The molecule has 1 amide bonds. The number of anilines is 1. The molecular formula is C27H29NO3. The van der Waals surface area contributed by atoms with E-state index in [1.54, 1.807) is 31.4 Å². The molecule has 0 atom stereocenters. The number of methoxy groups -OCH3 is 1. The molecular weight excluding hydrogens is 386 g/mol. The molecule has 0 fully saturated rings. The first-order valence-corrected chi connectivity index (χ1v) is 10.4. The summed E-state index contributed by atoms with van der Waals surface area (Å²) >= 11 is 0. The summed E-state index contributed by atoms with van der Waals surface area (Å²) in [6, 6.07) is 22.5. The van der Waals surface area contributed by atoms with E-state index < -0.39 is 0 Å². The van der Waals surface area contributed by atoms with Crippen molar-refractivity contribution in [3.63, 3.8) is 0 Å². The predicted octanol–water partition coefficient (Wildman–Crippen LogP) is 5.80. The van der Waals surface area contributed by atoms with Gasteiger partial charge in [0.2, 0.25) is 5.91 Å². The number of benzene rings is 3. The summed E-state index contributed by atoms with van der Waals surface area (Å²) in [5.41, 5.74) is 4.10. The Hall–Kier alpha value is -3.40. The zero-order valence-electron chi connectivity index (χ0n) is 18.6. The summed E-state index contributed by atoms with van der Waals surface area (Å²) in [6.07, 6.45) is 0.993. The van der Waals surface area contributed by atoms with Gasteiger partial charge in [-0.05, 0) is 47.2 Å². The standard InChI is InChI=1S/C27H29NO3/c1-27(2,3)22-13-11-20(12-14-22)26(30)21-6-5-7-23(18-21)28-25(29)17-10-19-8-15-24(31-4)16-9-19/h5-9,11-16,18H,10,17H2,1-4H3,(H,28,29). The quantitative estimate of drug-likeness (QED) is 0.497. The molecule has 0 unspecified atom stereocenters. The third kappa shape index (κ3) is 6.05. The van der Waals surface area contributed by atoms with Crippen molar-refractivity contribution in [2.45, 2.75) is 39.0 Å². The summed E-state index contributed by atoms with van der Waals surface area (Å²) in [5, 5.41) is 2.89. The van der Waals surface area contributed by atoms with Crippen molar-refractivity contribution in [2.75, 3.05) is 12.4 Å². The molecule has 0 aliphatic rings. The number of nitrogens with one attached hydrogen (secondary N) is 1. The summed E-state index contributed by atoms with van der Waals surface area (Å²) in [6.45, 7) is 6.43. The van der Waals surface area contributed by atoms with Crippen LogP contribution in [0.3, 0.4) is 0 Å². The zero-order valence-corrected chi connectivity index (χ0v) is 18.6. The highest BCUT2D eigenvalue weighted by atomic mass is 16.5. The summed E-state index contributed by atoms with van der Waals surface area (Å²) in [5.74, 6) is 0.646. The number of carbonyl (C=O) groups is 2. The van der Waals surface area contributed by atoms with Crippen molar-refractivity contribution in [3.05, 3.63) is 95.1 Å². The Morgan fingerprint density at radius 3 is 2.16 bits per heavy atom. The van der Waals surface area contributed by atoms with Crippen molar-refractivity contribution < 1.29 is 14.3 Å². The van der Waals surface area contributed by atoms with Gasteiger partial charge in [0.1, 0.15) is 5.75 Å². The number of rotatable bonds is 7. The minimum absolute atomic E-state index is 0.0393. The molecule has 0 bridgehead atoms. The zero-order chi connectivity index (χ0) is 22.4. The minimum atomic E-state index is -0.0880. The Morgan fingerprint density at radius 2 is 1.55 bits per heavy atom. The molecule has 31 heavy (non-hydrogen) atoms. The van der Waals surface area contributed by atoms with E-state index in [1.807, 2.05) is 48.5 Å². The largest absolute Gasteiger partial charge is 0.497 e. The first-order chi connectivity index (χ1) is 14.8. The van der Waals surface area contributed by atoms with Crippen LogP contribution in [0.2, 0.25) is 0 Å². The van der Waals surface area contributed by atoms with E-state index in [9.17, 15) is 9.59 Å². The smallest absolute Gasteiger partial charge is 0.224 e. The molecule has 4 heteroatoms. The van der Waals surface area contributed by atoms with Gasteiger partial charge in [0.05, 0.1) is 7.11 Å². The molecule has 4 nitrogen and oxygen atoms in total. The third-order valence-corrected chi connectivity index (χ3v) is 5.22. The summed E-state index contributed by atoms with van der Waals surface area (Å²) in [7, 11) is 1.63. The fourth-order valence-corrected chi connectivity index (χ4v) is 3.30. The van der Waals surface area contributed by atoms with Crippen molar-refractivity contribution in [3.8, 4) is 5.75 Å². The number of amides is 1. The maximum atomic E-state index is 12.9. The SMILES string of the molecule is COc1ccc(CCC(=O)Nc2cccc(C(=O)c3ccc(C(C)(C)C)cc3)c2)cc1. The highest BCUT2D eigenvalue weighted by molar-refractivity contribution is 6.09. The fraction of sp³-hybridized carbons (Fsp3) is 0.259. The van der Waals surface area contributed by atoms with Gasteiger partial charge in [-0.2, -0.15) is 0 Å². The van der Waals surface area contributed by atoms with Gasteiger partial charge in [0.25, 0.3) is 0 Å². The van der Waals surface area contributed by atoms with Gasteiger partial charge in [-0.3, -0.25) is 9.59 Å². The maximum absolute atomic E-state index is 12.9. The second-order valence-corrected chi connectivity index (χ2v) is 8.63. The molecule has 0 aliphatic carbocycles. The number of carbonyl (C=O) groups excluding carboxylic acids is 2. The van der Waals surface area contributed by atoms with E-state index in [-0.39, 0.29) is 17.1 Å². The second-order valence-electron chi connectivity index (χ2n) is 8.63. The van der Waals surface area contributed by atoms with E-state index in [2.05, 4.69) is 26.1 Å². The Labute approximate surface area is 184 Å². The molecule has 0 saturated heterocycles. The molecule has 3 rings (SSSR count). The Balaban J connectivity index is 1.62. The van der Waals surface area contributed by atoms with Gasteiger partial charge in [0.15, 0.2) is 5.78 Å². The Morgan fingerprint density at radius 1 is 0.871 bits per heavy atom. The van der Waals surface area contributed by atoms with Crippen molar-refractivity contribution in [2.24, 2.45) is 0 Å². The lowest BCUT2D eigenvalue weighted by molar-refractivity contribution is -0.116. The second kappa shape index (κ2) is 9.61. The maximum Gasteiger partial charge on any atom is 0.224 e. The lowest BCUT2D eigenvalue weighted by Crippen LogP contribution is -2.13. The van der Waals surface area contributed by atoms with Crippen LogP contribution in [0, 0.1) is 0 Å². The molecule has 0 aliphatic heterocycles. The fourth-order valence-electron chi connectivity index (χ4n) is 3.30. The molecule has 3 aromatic rings. The van der Waals surface area contributed by atoms with Crippen molar-refractivity contribution >= 4 is 17.4 Å². The minimum Gasteiger partial charge on any atom is -0.497 e. The first kappa shape index (κ1) is 22.3. The molecule has 160 valence electrons. The normalized spacial score (nSPS) is 11.1. The van der Waals surface area contributed by atoms with Crippen LogP contribution >= 0.6 is 0 Å². The van der Waals surface area contributed by atoms with E-state index in [0.717, 1.165) is 11.3 Å². The number of aryl methyl sites for hydroxylation is 1. The number of ketones is 1. The summed E-state index contributed by atoms with van der Waals surface area (Å²) in [4.78, 5) is 25.3. The van der Waals surface area contributed by atoms with Crippen molar-refractivity contribution in [1.82, 2.24) is 0 Å². The van der Waals surface area contributed by atoms with Gasteiger partial charge in [-0.15, -0.1) is 0 Å². The molecule has 0 aromatic heterocycles. The van der Waals surface area contributed by atoms with Gasteiger partial charge in [0, 0.05) is 23.2 Å². The lowest BCUT2D eigenvalue weighted by Gasteiger charge is -2.19. The van der Waals surface area contributed by atoms with Gasteiger partial charge >= 0.3 is 0 Å².